The number of nitrogens with zero attached hydrogens (tertiary/aromatic N) is 2. The fraction of sp³-hybridized carbons (Fsp3) is 0.0769. The van der Waals surface area contributed by atoms with Crippen molar-refractivity contribution in [1.82, 2.24) is 0 Å². The summed E-state index contributed by atoms with van der Waals surface area (Å²) in [6.07, 6.45) is 1.16. The third-order valence-electron chi connectivity index (χ3n) is 2.22. The first-order chi connectivity index (χ1) is 9.03. The third kappa shape index (κ3) is 3.50. The van der Waals surface area contributed by atoms with Crippen molar-refractivity contribution in [1.29, 1.82) is 5.26 Å². The van der Waals surface area contributed by atoms with E-state index in [1.54, 1.807) is 18.2 Å². The summed E-state index contributed by atoms with van der Waals surface area (Å²) in [4.78, 5) is 4.02. The zero-order valence-corrected chi connectivity index (χ0v) is 11.1. The maximum atomic E-state index is 9.04. The van der Waals surface area contributed by atoms with Gasteiger partial charge in [-0.15, -0.1) is 0 Å². The summed E-state index contributed by atoms with van der Waals surface area (Å²) in [6, 6.07) is 6.91. The second kappa shape index (κ2) is 6.47. The molecule has 0 radical (unpaired) electrons. The largest absolute Gasteiger partial charge is 0.495 e. The fourth-order valence-corrected chi connectivity index (χ4v) is 1.59. The van der Waals surface area contributed by atoms with Crippen LogP contribution >= 0.6 is 11.6 Å². The van der Waals surface area contributed by atoms with Crippen LogP contribution in [-0.2, 0) is 0 Å². The van der Waals surface area contributed by atoms with Gasteiger partial charge in [-0.05, 0) is 12.1 Å². The van der Waals surface area contributed by atoms with Crippen LogP contribution in [0.1, 0.15) is 5.56 Å². The Kier molecular flexibility index (Phi) is 4.98. The van der Waals surface area contributed by atoms with E-state index in [4.69, 9.17) is 33.1 Å². The Morgan fingerprint density at radius 2 is 2.26 bits per heavy atom. The molecule has 0 aromatic heterocycles. The summed E-state index contributed by atoms with van der Waals surface area (Å²) in [5.41, 5.74) is 12.0. The molecule has 0 saturated heterocycles. The Hall–Kier alpha value is -2.45. The standard InChI is InChI=1S/C13H13ClN4O/c1-8(17)18-13(10(6-15)7-16)9-3-4-11(14)12(5-9)19-2/h3-6H,1,15,17H2,2H3/b10-6-,18-13-. The van der Waals surface area contributed by atoms with E-state index < -0.39 is 0 Å². The average Bonchev–Trinajstić information content (AvgIpc) is 2.39. The maximum Gasteiger partial charge on any atom is 0.138 e. The number of hydrogen-bond acceptors (Lipinski definition) is 5. The van der Waals surface area contributed by atoms with Crippen molar-refractivity contribution in [2.45, 2.75) is 0 Å². The van der Waals surface area contributed by atoms with Gasteiger partial charge in [0.05, 0.1) is 23.4 Å². The molecule has 0 bridgehead atoms. The van der Waals surface area contributed by atoms with Gasteiger partial charge in [0, 0.05) is 11.8 Å². The summed E-state index contributed by atoms with van der Waals surface area (Å²) in [7, 11) is 1.49. The van der Waals surface area contributed by atoms with Gasteiger partial charge in [-0.25, -0.2) is 4.99 Å². The molecule has 0 unspecified atom stereocenters. The van der Waals surface area contributed by atoms with Crippen LogP contribution in [-0.4, -0.2) is 12.8 Å². The van der Waals surface area contributed by atoms with E-state index >= 15 is 0 Å². The number of methoxy groups -OCH3 is 1. The Balaban J connectivity index is 3.43. The molecule has 0 saturated carbocycles. The molecule has 1 aromatic rings. The Morgan fingerprint density at radius 3 is 2.74 bits per heavy atom. The highest BCUT2D eigenvalue weighted by atomic mass is 35.5. The van der Waals surface area contributed by atoms with Crippen molar-refractivity contribution in [3.8, 4) is 11.8 Å². The van der Waals surface area contributed by atoms with E-state index in [1.807, 2.05) is 6.07 Å². The molecule has 1 aromatic carbocycles. The van der Waals surface area contributed by atoms with Crippen LogP contribution in [0.2, 0.25) is 5.02 Å². The first-order valence-electron chi connectivity index (χ1n) is 5.22. The normalized spacial score (nSPS) is 11.8. The number of ether oxygens (including phenoxy) is 1. The van der Waals surface area contributed by atoms with Crippen LogP contribution in [0.15, 0.2) is 47.4 Å². The smallest absolute Gasteiger partial charge is 0.138 e. The van der Waals surface area contributed by atoms with Gasteiger partial charge in [-0.1, -0.05) is 24.2 Å². The lowest BCUT2D eigenvalue weighted by molar-refractivity contribution is 0.415. The van der Waals surface area contributed by atoms with Gasteiger partial charge in [-0.3, -0.25) is 0 Å². The molecule has 19 heavy (non-hydrogen) atoms. The lowest BCUT2D eigenvalue weighted by Gasteiger charge is -2.08. The van der Waals surface area contributed by atoms with E-state index in [0.29, 0.717) is 22.0 Å². The second-order valence-electron chi connectivity index (χ2n) is 3.49. The molecule has 0 fully saturated rings. The number of nitrogens with two attached hydrogens (primary N) is 2. The molecule has 6 heteroatoms. The van der Waals surface area contributed by atoms with Gasteiger partial charge >= 0.3 is 0 Å². The summed E-state index contributed by atoms with van der Waals surface area (Å²) < 4.78 is 5.11. The average molecular weight is 277 g/mol. The fourth-order valence-electron chi connectivity index (χ4n) is 1.40. The first kappa shape index (κ1) is 14.6. The van der Waals surface area contributed by atoms with Crippen LogP contribution in [0.4, 0.5) is 0 Å². The van der Waals surface area contributed by atoms with Crippen molar-refractivity contribution in [3.63, 3.8) is 0 Å². The van der Waals surface area contributed by atoms with E-state index in [1.165, 1.54) is 7.11 Å². The molecular formula is C13H13ClN4O. The predicted molar refractivity (Wildman–Crippen MR) is 75.8 cm³/mol. The van der Waals surface area contributed by atoms with Gasteiger partial charge in [0.1, 0.15) is 17.6 Å². The van der Waals surface area contributed by atoms with Crippen LogP contribution in [0.5, 0.6) is 5.75 Å². The quantitative estimate of drug-likeness (QED) is 0.648. The highest BCUT2D eigenvalue weighted by Crippen LogP contribution is 2.26. The minimum atomic E-state index is 0.0681. The van der Waals surface area contributed by atoms with Gasteiger partial charge in [0.25, 0.3) is 0 Å². The number of rotatable bonds is 4. The predicted octanol–water partition coefficient (Wildman–Crippen LogP) is 1.93. The first-order valence-corrected chi connectivity index (χ1v) is 5.60. The van der Waals surface area contributed by atoms with Crippen molar-refractivity contribution in [3.05, 3.63) is 53.0 Å². The Labute approximate surface area is 116 Å². The molecule has 0 heterocycles. The number of nitriles is 1. The van der Waals surface area contributed by atoms with E-state index in [-0.39, 0.29) is 11.4 Å². The minimum Gasteiger partial charge on any atom is -0.495 e. The number of benzene rings is 1. The number of hydrogen-bond donors (Lipinski definition) is 2. The van der Waals surface area contributed by atoms with E-state index in [2.05, 4.69) is 11.6 Å². The molecule has 0 atom stereocenters. The summed E-state index contributed by atoms with van der Waals surface area (Å²) in [5.74, 6) is 0.530. The summed E-state index contributed by atoms with van der Waals surface area (Å²) >= 11 is 5.94. The lowest BCUT2D eigenvalue weighted by atomic mass is 10.0. The second-order valence-corrected chi connectivity index (χ2v) is 3.90. The maximum absolute atomic E-state index is 9.04. The summed E-state index contributed by atoms with van der Waals surface area (Å²) in [5, 5.41) is 9.50. The zero-order valence-electron chi connectivity index (χ0n) is 10.4. The molecule has 4 N–H and O–H groups in total. The molecule has 0 aliphatic heterocycles. The zero-order chi connectivity index (χ0) is 14.4. The van der Waals surface area contributed by atoms with Gasteiger partial charge in [-0.2, -0.15) is 5.26 Å². The van der Waals surface area contributed by atoms with Crippen molar-refractivity contribution in [2.24, 2.45) is 16.5 Å². The summed E-state index contributed by atoms with van der Waals surface area (Å²) in [6.45, 7) is 3.49. The lowest BCUT2D eigenvalue weighted by Crippen LogP contribution is -2.09. The van der Waals surface area contributed by atoms with Crippen LogP contribution in [0.25, 0.3) is 0 Å². The molecule has 1 rings (SSSR count). The van der Waals surface area contributed by atoms with Crippen molar-refractivity contribution >= 4 is 17.3 Å². The molecule has 0 aliphatic rings. The molecule has 0 aliphatic carbocycles. The number of allylic oxidation sites excluding steroid dienone is 1. The highest BCUT2D eigenvalue weighted by Gasteiger charge is 2.12. The number of halogens is 1. The van der Waals surface area contributed by atoms with Crippen molar-refractivity contribution in [2.75, 3.05) is 7.11 Å². The van der Waals surface area contributed by atoms with Gasteiger partial charge in [0.2, 0.25) is 0 Å². The molecule has 0 spiro atoms. The third-order valence-corrected chi connectivity index (χ3v) is 2.53. The van der Waals surface area contributed by atoms with Crippen LogP contribution < -0.4 is 16.2 Å². The SMILES string of the molecule is C=C(N)/N=C(\C(C#N)=C/N)c1ccc(Cl)c(OC)c1. The minimum absolute atomic E-state index is 0.0681. The van der Waals surface area contributed by atoms with Crippen LogP contribution in [0.3, 0.4) is 0 Å². The van der Waals surface area contributed by atoms with Gasteiger partial charge < -0.3 is 16.2 Å². The highest BCUT2D eigenvalue weighted by molar-refractivity contribution is 6.32. The molecule has 5 nitrogen and oxygen atoms in total. The Morgan fingerprint density at radius 1 is 1.58 bits per heavy atom. The van der Waals surface area contributed by atoms with Crippen molar-refractivity contribution < 1.29 is 4.74 Å². The monoisotopic (exact) mass is 276 g/mol. The topological polar surface area (TPSA) is 97.4 Å². The van der Waals surface area contributed by atoms with E-state index in [0.717, 1.165) is 6.20 Å². The Bertz CT molecular complexity index is 599. The number of aliphatic imine (C=N–C) groups is 1. The van der Waals surface area contributed by atoms with E-state index in [9.17, 15) is 0 Å². The van der Waals surface area contributed by atoms with Gasteiger partial charge in [0.15, 0.2) is 0 Å². The molecule has 98 valence electrons. The van der Waals surface area contributed by atoms with Crippen LogP contribution in [0, 0.1) is 11.3 Å². The molecule has 0 amide bonds. The molecular weight excluding hydrogens is 264 g/mol.